The van der Waals surface area contributed by atoms with Crippen molar-refractivity contribution in [3.63, 3.8) is 0 Å². The van der Waals surface area contributed by atoms with Crippen LogP contribution in [-0.4, -0.2) is 72.8 Å². The summed E-state index contributed by atoms with van der Waals surface area (Å²) in [5, 5.41) is 18.8. The molecule has 2 aromatic heterocycles. The Balaban J connectivity index is 1.74. The van der Waals surface area contributed by atoms with Gasteiger partial charge in [-0.25, -0.2) is 22.9 Å². The second kappa shape index (κ2) is 16.7. The summed E-state index contributed by atoms with van der Waals surface area (Å²) in [6.07, 6.45) is 3.44. The number of aliphatic imine (C=N–C) groups is 1. The molecule has 1 aromatic carbocycles. The van der Waals surface area contributed by atoms with Crippen molar-refractivity contribution >= 4 is 39.3 Å². The molecule has 2 amide bonds. The van der Waals surface area contributed by atoms with Gasteiger partial charge in [0.15, 0.2) is 0 Å². The third-order valence-electron chi connectivity index (χ3n) is 7.24. The van der Waals surface area contributed by atoms with E-state index in [4.69, 9.17) is 15.2 Å². The summed E-state index contributed by atoms with van der Waals surface area (Å²) >= 11 is 1.23. The summed E-state index contributed by atoms with van der Waals surface area (Å²) in [4.78, 5) is 38.8. The van der Waals surface area contributed by atoms with E-state index >= 15 is 0 Å². The van der Waals surface area contributed by atoms with E-state index in [9.17, 15) is 23.1 Å². The van der Waals surface area contributed by atoms with E-state index in [1.54, 1.807) is 83.7 Å². The first-order valence-corrected chi connectivity index (χ1v) is 17.6. The number of hydrogen-bond acceptors (Lipinski definition) is 11. The molecular formula is C32H45N7O7S2. The van der Waals surface area contributed by atoms with Crippen molar-refractivity contribution in [3.05, 3.63) is 69.4 Å². The number of hydrogen-bond donors (Lipinski definition) is 5. The van der Waals surface area contributed by atoms with E-state index < -0.39 is 45.8 Å². The Hall–Kier alpha value is -4.28. The number of nitrogens with zero attached hydrogens (tertiary/aromatic N) is 3. The van der Waals surface area contributed by atoms with Crippen molar-refractivity contribution in [3.8, 4) is 5.75 Å². The van der Waals surface area contributed by atoms with Gasteiger partial charge >= 0.3 is 6.09 Å². The van der Waals surface area contributed by atoms with Crippen molar-refractivity contribution in [2.24, 2.45) is 10.7 Å². The van der Waals surface area contributed by atoms with Crippen molar-refractivity contribution in [2.75, 3.05) is 13.7 Å². The van der Waals surface area contributed by atoms with E-state index in [0.717, 1.165) is 0 Å². The molecule has 0 radical (unpaired) electrons. The molecule has 48 heavy (non-hydrogen) atoms. The molecule has 0 fully saturated rings. The van der Waals surface area contributed by atoms with Gasteiger partial charge in [0.05, 0.1) is 18.0 Å². The number of ether oxygens (including phenoxy) is 2. The van der Waals surface area contributed by atoms with E-state index in [1.165, 1.54) is 18.4 Å². The van der Waals surface area contributed by atoms with Crippen LogP contribution in [0, 0.1) is 20.8 Å². The summed E-state index contributed by atoms with van der Waals surface area (Å²) < 4.78 is 39.5. The Labute approximate surface area is 285 Å². The van der Waals surface area contributed by atoms with Crippen LogP contribution < -0.4 is 25.8 Å². The van der Waals surface area contributed by atoms with E-state index in [2.05, 4.69) is 30.3 Å². The lowest BCUT2D eigenvalue weighted by molar-refractivity contribution is -0.124. The number of alkyl carbamates (subject to hydrolysis) is 1. The molecule has 262 valence electrons. The number of aliphatic hydroxyl groups excluding tert-OH is 1. The van der Waals surface area contributed by atoms with Gasteiger partial charge < -0.3 is 30.9 Å². The summed E-state index contributed by atoms with van der Waals surface area (Å²) in [7, 11) is -2.53. The first kappa shape index (κ1) is 38.2. The number of nitrogens with one attached hydrogen (secondary N) is 3. The van der Waals surface area contributed by atoms with Crippen molar-refractivity contribution < 1.29 is 32.6 Å². The minimum absolute atomic E-state index is 0.0835. The largest absolute Gasteiger partial charge is 0.496 e. The lowest BCUT2D eigenvalue weighted by Gasteiger charge is -2.27. The maximum Gasteiger partial charge on any atom is 0.408 e. The van der Waals surface area contributed by atoms with Gasteiger partial charge in [-0.2, -0.15) is 0 Å². The molecule has 16 heteroatoms. The zero-order valence-electron chi connectivity index (χ0n) is 28.2. The van der Waals surface area contributed by atoms with E-state index in [1.807, 2.05) is 0 Å². The molecule has 3 rings (SSSR count). The standard InChI is InChI=1S/C32H45N7O7S2/c1-19-16-25(45-7)20(2)21(3)27(19)48(43,44)39-30(33)36-13-9-11-23(26(40)29-35-14-15-47-29)37-28(41)24(17-22-10-8-12-34-18-22)38-31(42)46-32(4,5)6/h8,10,12,14-16,18,23-24,26,40H,9,11,13,17H2,1-7H3,(H,37,41)(H,38,42)(H3,33,36,39)/t23-,24-,26?/m0/s1. The zero-order valence-corrected chi connectivity index (χ0v) is 29.9. The summed E-state index contributed by atoms with van der Waals surface area (Å²) in [6.45, 7) is 10.4. The maximum atomic E-state index is 13.6. The van der Waals surface area contributed by atoms with Crippen molar-refractivity contribution in [2.45, 2.75) is 89.5 Å². The van der Waals surface area contributed by atoms with Crippen LogP contribution in [-0.2, 0) is 26.0 Å². The molecule has 0 aliphatic heterocycles. The molecule has 0 aliphatic rings. The molecular weight excluding hydrogens is 659 g/mol. The number of guanidine groups is 1. The number of sulfonamides is 1. The molecule has 0 saturated carbocycles. The molecule has 6 N–H and O–H groups in total. The normalized spacial score (nSPS) is 14.0. The van der Waals surface area contributed by atoms with Gasteiger partial charge in [0.2, 0.25) is 11.9 Å². The molecule has 14 nitrogen and oxygen atoms in total. The number of amides is 2. The van der Waals surface area contributed by atoms with Crippen LogP contribution in [0.1, 0.15) is 67.0 Å². The van der Waals surface area contributed by atoms with Crippen LogP contribution in [0.2, 0.25) is 0 Å². The average Bonchev–Trinajstić information content (AvgIpc) is 3.54. The predicted octanol–water partition coefficient (Wildman–Crippen LogP) is 3.20. The van der Waals surface area contributed by atoms with Crippen LogP contribution in [0.4, 0.5) is 4.79 Å². The van der Waals surface area contributed by atoms with Crippen molar-refractivity contribution in [1.29, 1.82) is 0 Å². The highest BCUT2D eigenvalue weighted by atomic mass is 32.2. The van der Waals surface area contributed by atoms with Gasteiger partial charge in [-0.15, -0.1) is 11.3 Å². The van der Waals surface area contributed by atoms with Gasteiger partial charge in [0, 0.05) is 36.9 Å². The number of aryl methyl sites for hydroxylation is 1. The third kappa shape index (κ3) is 10.9. The second-order valence-electron chi connectivity index (χ2n) is 12.2. The monoisotopic (exact) mass is 703 g/mol. The zero-order chi connectivity index (χ0) is 35.6. The Bertz CT molecular complexity index is 1680. The topological polar surface area (TPSA) is 207 Å². The van der Waals surface area contributed by atoms with E-state index in [-0.39, 0.29) is 30.2 Å². The van der Waals surface area contributed by atoms with Crippen LogP contribution in [0.25, 0.3) is 0 Å². The number of nitrogens with two attached hydrogens (primary N) is 1. The molecule has 0 saturated heterocycles. The predicted molar refractivity (Wildman–Crippen MR) is 183 cm³/mol. The van der Waals surface area contributed by atoms with E-state index in [0.29, 0.717) is 39.4 Å². The smallest absolute Gasteiger partial charge is 0.408 e. The summed E-state index contributed by atoms with van der Waals surface area (Å²) in [5.41, 5.74) is 7.61. The maximum absolute atomic E-state index is 13.6. The van der Waals surface area contributed by atoms with Crippen molar-refractivity contribution in [1.82, 2.24) is 25.3 Å². The quantitative estimate of drug-likeness (QED) is 0.0941. The number of rotatable bonds is 14. The lowest BCUT2D eigenvalue weighted by atomic mass is 10.0. The second-order valence-corrected chi connectivity index (χ2v) is 14.7. The Morgan fingerprint density at radius 2 is 1.88 bits per heavy atom. The third-order valence-corrected chi connectivity index (χ3v) is 9.73. The van der Waals surface area contributed by atoms with Crippen LogP contribution in [0.15, 0.2) is 52.1 Å². The van der Waals surface area contributed by atoms with Gasteiger partial charge in [-0.05, 0) is 88.8 Å². The average molecular weight is 704 g/mol. The Kier molecular flexibility index (Phi) is 13.3. The molecule has 0 bridgehead atoms. The fourth-order valence-corrected chi connectivity index (χ4v) is 7.10. The molecule has 0 aliphatic carbocycles. The summed E-state index contributed by atoms with van der Waals surface area (Å²) in [5.74, 6) is -0.278. The number of methoxy groups -OCH3 is 1. The minimum atomic E-state index is -4.05. The Morgan fingerprint density at radius 1 is 1.15 bits per heavy atom. The summed E-state index contributed by atoms with van der Waals surface area (Å²) in [6, 6.07) is 3.27. The molecule has 3 aromatic rings. The first-order valence-electron chi connectivity index (χ1n) is 15.3. The number of thiazole rings is 1. The Morgan fingerprint density at radius 3 is 2.48 bits per heavy atom. The number of benzene rings is 1. The van der Waals surface area contributed by atoms with Gasteiger partial charge in [0.1, 0.15) is 28.5 Å². The lowest BCUT2D eigenvalue weighted by Crippen LogP contribution is -2.52. The van der Waals surface area contributed by atoms with Gasteiger partial charge in [0.25, 0.3) is 10.0 Å². The van der Waals surface area contributed by atoms with Gasteiger partial charge in [-0.3, -0.25) is 14.8 Å². The minimum Gasteiger partial charge on any atom is -0.496 e. The molecule has 2 heterocycles. The van der Waals surface area contributed by atoms with Gasteiger partial charge in [-0.1, -0.05) is 6.07 Å². The van der Waals surface area contributed by atoms with Crippen LogP contribution >= 0.6 is 11.3 Å². The number of pyridine rings is 1. The molecule has 3 atom stereocenters. The number of carbonyl (C=O) groups is 2. The first-order chi connectivity index (χ1) is 22.5. The number of aromatic nitrogens is 2. The highest BCUT2D eigenvalue weighted by Crippen LogP contribution is 2.30. The number of carbonyl (C=O) groups excluding carboxylic acids is 2. The van der Waals surface area contributed by atoms with Crippen LogP contribution in [0.3, 0.4) is 0 Å². The molecule has 1 unspecified atom stereocenters. The fourth-order valence-electron chi connectivity index (χ4n) is 4.94. The number of aliphatic hydroxyl groups is 1. The highest BCUT2D eigenvalue weighted by molar-refractivity contribution is 7.90. The SMILES string of the molecule is COc1cc(C)c(S(=O)(=O)NC(N)=NCCC[C@H](NC(=O)[C@H](Cc2cccnc2)NC(=O)OC(C)(C)C)C(O)c2nccs2)c(C)c1C. The molecule has 0 spiro atoms. The van der Waals surface area contributed by atoms with Crippen LogP contribution in [0.5, 0.6) is 5.75 Å². The fraction of sp³-hybridized carbons (Fsp3) is 0.469. The highest BCUT2D eigenvalue weighted by Gasteiger charge is 2.30.